The molecule has 0 amide bonds. The largest absolute Gasteiger partial charge is 0.334 e. The fraction of sp³-hybridized carbons (Fsp3) is 0.556. The molecule has 1 aromatic rings. The number of ether oxygens (including phenoxy) is 1. The van der Waals surface area contributed by atoms with Crippen molar-refractivity contribution in [2.45, 2.75) is 26.6 Å². The van der Waals surface area contributed by atoms with E-state index in [0.717, 1.165) is 12.8 Å². The highest BCUT2D eigenvalue weighted by atomic mass is 16.5. The number of carbonyl (C=O) groups is 1. The van der Waals surface area contributed by atoms with E-state index in [-0.39, 0.29) is 0 Å². The monoisotopic (exact) mass is 183 g/mol. The topological polar surface area (TPSA) is 35.1 Å². The molecule has 0 aliphatic heterocycles. The first kappa shape index (κ1) is 9.92. The molecule has 0 radical (unpaired) electrons. The molecule has 1 heterocycles. The number of aromatic nitrogens is 2. The van der Waals surface area contributed by atoms with Gasteiger partial charge in [0.2, 0.25) is 6.33 Å². The lowest BCUT2D eigenvalue weighted by Gasteiger charge is -2.04. The van der Waals surface area contributed by atoms with Gasteiger partial charge in [0, 0.05) is 6.61 Å². The Morgan fingerprint density at radius 1 is 1.62 bits per heavy atom. The van der Waals surface area contributed by atoms with Crippen LogP contribution in [-0.4, -0.2) is 17.5 Å². The van der Waals surface area contributed by atoms with Gasteiger partial charge in [-0.15, -0.1) is 0 Å². The second-order valence-corrected chi connectivity index (χ2v) is 2.67. The molecule has 0 N–H and O–H groups in total. The second kappa shape index (κ2) is 4.77. The predicted octanol–water partition coefficient (Wildman–Crippen LogP) is 0.529. The molecule has 72 valence electrons. The number of imidazole rings is 1. The van der Waals surface area contributed by atoms with Crippen molar-refractivity contribution in [1.29, 1.82) is 0 Å². The van der Waals surface area contributed by atoms with Crippen molar-refractivity contribution in [1.82, 2.24) is 4.57 Å². The summed E-state index contributed by atoms with van der Waals surface area (Å²) in [7, 11) is 0. The molecule has 13 heavy (non-hydrogen) atoms. The van der Waals surface area contributed by atoms with Crippen LogP contribution < -0.4 is 4.57 Å². The van der Waals surface area contributed by atoms with Gasteiger partial charge in [0.1, 0.15) is 12.4 Å². The van der Waals surface area contributed by atoms with Crippen LogP contribution >= 0.6 is 0 Å². The van der Waals surface area contributed by atoms with Crippen LogP contribution in [0, 0.1) is 0 Å². The van der Waals surface area contributed by atoms with Gasteiger partial charge in [-0.2, -0.15) is 0 Å². The molecule has 0 saturated heterocycles. The summed E-state index contributed by atoms with van der Waals surface area (Å²) < 4.78 is 8.95. The Morgan fingerprint density at radius 3 is 2.85 bits per heavy atom. The van der Waals surface area contributed by atoms with E-state index in [4.69, 9.17) is 4.74 Å². The highest BCUT2D eigenvalue weighted by molar-refractivity contribution is 5.53. The molecular formula is C9H15N2O2+. The van der Waals surface area contributed by atoms with Gasteiger partial charge in [0.15, 0.2) is 6.29 Å². The van der Waals surface area contributed by atoms with Crippen molar-refractivity contribution in [3.8, 4) is 0 Å². The smallest absolute Gasteiger partial charge is 0.259 e. The van der Waals surface area contributed by atoms with Crippen molar-refractivity contribution >= 4 is 6.29 Å². The number of aldehydes is 1. The molecule has 4 nitrogen and oxygen atoms in total. The molecule has 0 fully saturated rings. The Morgan fingerprint density at radius 2 is 2.38 bits per heavy atom. The maximum Gasteiger partial charge on any atom is 0.259 e. The van der Waals surface area contributed by atoms with Crippen LogP contribution in [0.5, 0.6) is 0 Å². The summed E-state index contributed by atoms with van der Waals surface area (Å²) in [5, 5.41) is 0. The normalized spacial score (nSPS) is 12.8. The second-order valence-electron chi connectivity index (χ2n) is 2.67. The van der Waals surface area contributed by atoms with E-state index in [2.05, 4.69) is 0 Å². The van der Waals surface area contributed by atoms with E-state index in [0.29, 0.717) is 6.61 Å². The average molecular weight is 183 g/mol. The maximum absolute atomic E-state index is 10.6. The Balaban J connectivity index is 2.72. The van der Waals surface area contributed by atoms with E-state index >= 15 is 0 Å². The summed E-state index contributed by atoms with van der Waals surface area (Å²) in [5.41, 5.74) is 0. The molecule has 1 rings (SSSR count). The number of hydrogen-bond donors (Lipinski definition) is 0. The third-order valence-electron chi connectivity index (χ3n) is 1.82. The first-order chi connectivity index (χ1) is 6.31. The molecule has 0 aliphatic carbocycles. The summed E-state index contributed by atoms with van der Waals surface area (Å²) in [6.07, 6.45) is 5.91. The third kappa shape index (κ3) is 2.39. The molecule has 1 aromatic heterocycles. The molecule has 0 bridgehead atoms. The minimum atomic E-state index is -0.488. The van der Waals surface area contributed by atoms with Gasteiger partial charge in [0.05, 0.1) is 6.54 Å². The fourth-order valence-corrected chi connectivity index (χ4v) is 1.11. The van der Waals surface area contributed by atoms with Crippen molar-refractivity contribution < 1.29 is 14.1 Å². The van der Waals surface area contributed by atoms with Gasteiger partial charge in [-0.05, 0) is 13.8 Å². The fourth-order valence-electron chi connectivity index (χ4n) is 1.11. The third-order valence-corrected chi connectivity index (χ3v) is 1.82. The summed E-state index contributed by atoms with van der Waals surface area (Å²) >= 11 is 0. The van der Waals surface area contributed by atoms with Crippen LogP contribution in [0.15, 0.2) is 18.7 Å². The van der Waals surface area contributed by atoms with Crippen LogP contribution in [0.3, 0.4) is 0 Å². The Kier molecular flexibility index (Phi) is 3.64. The van der Waals surface area contributed by atoms with E-state index in [1.165, 1.54) is 0 Å². The van der Waals surface area contributed by atoms with Crippen LogP contribution in [0.2, 0.25) is 0 Å². The zero-order valence-electron chi connectivity index (χ0n) is 8.01. The Hall–Kier alpha value is -1.16. The minimum absolute atomic E-state index is 0.488. The molecule has 4 heteroatoms. The molecule has 0 saturated carbocycles. The zero-order chi connectivity index (χ0) is 9.68. The lowest BCUT2D eigenvalue weighted by Crippen LogP contribution is -2.29. The first-order valence-corrected chi connectivity index (χ1v) is 4.45. The van der Waals surface area contributed by atoms with Crippen LogP contribution in [0.4, 0.5) is 0 Å². The summed E-state index contributed by atoms with van der Waals surface area (Å²) in [5.74, 6) is 0. The number of carbonyl (C=O) groups excluding carboxylic acids is 1. The minimum Gasteiger partial charge on any atom is -0.334 e. The summed E-state index contributed by atoms with van der Waals surface area (Å²) in [4.78, 5) is 10.6. The Labute approximate surface area is 77.7 Å². The molecule has 1 atom stereocenters. The van der Waals surface area contributed by atoms with Gasteiger partial charge in [-0.25, -0.2) is 9.13 Å². The van der Waals surface area contributed by atoms with Crippen LogP contribution in [0.25, 0.3) is 0 Å². The van der Waals surface area contributed by atoms with Gasteiger partial charge in [0.25, 0.3) is 6.23 Å². The van der Waals surface area contributed by atoms with Gasteiger partial charge in [-0.1, -0.05) is 0 Å². The highest BCUT2D eigenvalue weighted by Crippen LogP contribution is 2.02. The van der Waals surface area contributed by atoms with Crippen molar-refractivity contribution in [2.75, 3.05) is 6.61 Å². The zero-order valence-corrected chi connectivity index (χ0v) is 8.01. The van der Waals surface area contributed by atoms with E-state index in [1.54, 1.807) is 4.57 Å². The summed E-state index contributed by atoms with van der Waals surface area (Å²) in [6, 6.07) is 0. The van der Waals surface area contributed by atoms with E-state index in [9.17, 15) is 4.79 Å². The first-order valence-electron chi connectivity index (χ1n) is 4.45. The SMILES string of the molecule is CCOC(C=O)n1cc[n+](CC)c1. The van der Waals surface area contributed by atoms with Gasteiger partial charge in [-0.3, -0.25) is 4.79 Å². The summed E-state index contributed by atoms with van der Waals surface area (Å²) in [6.45, 7) is 5.34. The lowest BCUT2D eigenvalue weighted by molar-refractivity contribution is -0.693. The van der Waals surface area contributed by atoms with Crippen molar-refractivity contribution in [3.63, 3.8) is 0 Å². The average Bonchev–Trinajstić information content (AvgIpc) is 2.62. The predicted molar refractivity (Wildman–Crippen MR) is 47.0 cm³/mol. The number of aryl methyl sites for hydroxylation is 1. The molecule has 1 unspecified atom stereocenters. The van der Waals surface area contributed by atoms with Crippen LogP contribution in [-0.2, 0) is 16.1 Å². The van der Waals surface area contributed by atoms with E-state index < -0.39 is 6.23 Å². The molecule has 0 aromatic carbocycles. The molecule has 0 spiro atoms. The standard InChI is InChI=1S/C9H15N2O2/c1-3-10-5-6-11(8-10)9(7-12)13-4-2/h5-9H,3-4H2,1-2H3/q+1. The molecule has 0 aliphatic rings. The van der Waals surface area contributed by atoms with Crippen molar-refractivity contribution in [3.05, 3.63) is 18.7 Å². The van der Waals surface area contributed by atoms with E-state index in [1.807, 2.05) is 37.1 Å². The lowest BCUT2D eigenvalue weighted by atomic mass is 10.6. The quantitative estimate of drug-likeness (QED) is 0.493. The number of rotatable bonds is 5. The maximum atomic E-state index is 10.6. The van der Waals surface area contributed by atoms with Gasteiger partial charge >= 0.3 is 0 Å². The molecular weight excluding hydrogens is 168 g/mol. The van der Waals surface area contributed by atoms with Crippen LogP contribution in [0.1, 0.15) is 20.1 Å². The number of nitrogens with zero attached hydrogens (tertiary/aromatic N) is 2. The highest BCUT2D eigenvalue weighted by Gasteiger charge is 2.14. The Bertz CT molecular complexity index is 270. The number of hydrogen-bond acceptors (Lipinski definition) is 2. The van der Waals surface area contributed by atoms with Crippen molar-refractivity contribution in [2.24, 2.45) is 0 Å². The van der Waals surface area contributed by atoms with Gasteiger partial charge < -0.3 is 4.74 Å².